The molecule has 1 saturated heterocycles. The van der Waals surface area contributed by atoms with Crippen LogP contribution in [0.15, 0.2) is 23.1 Å². The van der Waals surface area contributed by atoms with Gasteiger partial charge in [0.05, 0.1) is 17.0 Å². The fourth-order valence-corrected chi connectivity index (χ4v) is 4.53. The van der Waals surface area contributed by atoms with E-state index in [2.05, 4.69) is 23.5 Å². The first-order valence-corrected chi connectivity index (χ1v) is 10.3. The van der Waals surface area contributed by atoms with Crippen molar-refractivity contribution in [2.75, 3.05) is 26.7 Å². The third-order valence-corrected chi connectivity index (χ3v) is 6.26. The SMILES string of the molecule is COc1ccc(S(=O)(=O)NCC(C(C)C)N2CCCCC2)cc1Cl. The largest absolute Gasteiger partial charge is 0.495 e. The van der Waals surface area contributed by atoms with E-state index in [1.165, 1.54) is 38.5 Å². The Kier molecular flexibility index (Phi) is 6.92. The summed E-state index contributed by atoms with van der Waals surface area (Å²) in [4.78, 5) is 2.56. The second kappa shape index (κ2) is 8.52. The minimum atomic E-state index is -3.59. The van der Waals surface area contributed by atoms with Gasteiger partial charge in [0.25, 0.3) is 0 Å². The van der Waals surface area contributed by atoms with Crippen LogP contribution >= 0.6 is 11.6 Å². The number of piperidine rings is 1. The van der Waals surface area contributed by atoms with E-state index in [0.717, 1.165) is 13.1 Å². The Balaban J connectivity index is 2.08. The zero-order valence-corrected chi connectivity index (χ0v) is 16.2. The maximum atomic E-state index is 12.6. The van der Waals surface area contributed by atoms with Crippen LogP contribution in [-0.4, -0.2) is 46.1 Å². The van der Waals surface area contributed by atoms with Crippen LogP contribution in [0.2, 0.25) is 5.02 Å². The quantitative estimate of drug-likeness (QED) is 0.796. The highest BCUT2D eigenvalue weighted by Crippen LogP contribution is 2.27. The number of rotatable bonds is 7. The normalized spacial score (nSPS) is 17.9. The van der Waals surface area contributed by atoms with E-state index >= 15 is 0 Å². The van der Waals surface area contributed by atoms with Gasteiger partial charge in [-0.15, -0.1) is 0 Å². The highest BCUT2D eigenvalue weighted by Gasteiger charge is 2.26. The molecule has 24 heavy (non-hydrogen) atoms. The predicted octanol–water partition coefficient (Wildman–Crippen LogP) is 3.14. The molecule has 1 heterocycles. The van der Waals surface area contributed by atoms with Crippen molar-refractivity contribution in [1.82, 2.24) is 9.62 Å². The van der Waals surface area contributed by atoms with Crippen molar-refractivity contribution >= 4 is 21.6 Å². The maximum Gasteiger partial charge on any atom is 0.240 e. The van der Waals surface area contributed by atoms with Gasteiger partial charge < -0.3 is 4.74 Å². The predicted molar refractivity (Wildman–Crippen MR) is 97.2 cm³/mol. The van der Waals surface area contributed by atoms with Crippen molar-refractivity contribution in [2.24, 2.45) is 5.92 Å². The number of hydrogen-bond donors (Lipinski definition) is 1. The Hall–Kier alpha value is -0.820. The molecule has 0 radical (unpaired) electrons. The lowest BCUT2D eigenvalue weighted by atomic mass is 9.99. The van der Waals surface area contributed by atoms with Crippen molar-refractivity contribution in [3.63, 3.8) is 0 Å². The molecule has 7 heteroatoms. The van der Waals surface area contributed by atoms with Crippen LogP contribution in [0.4, 0.5) is 0 Å². The molecule has 0 spiro atoms. The molecule has 1 aromatic rings. The van der Waals surface area contributed by atoms with Crippen LogP contribution in [0.25, 0.3) is 0 Å². The molecule has 1 N–H and O–H groups in total. The summed E-state index contributed by atoms with van der Waals surface area (Å²) in [6.45, 7) is 6.76. The van der Waals surface area contributed by atoms with Crippen LogP contribution in [0, 0.1) is 5.92 Å². The van der Waals surface area contributed by atoms with Crippen molar-refractivity contribution in [3.8, 4) is 5.75 Å². The number of hydrogen-bond acceptors (Lipinski definition) is 4. The molecule has 0 bridgehead atoms. The van der Waals surface area contributed by atoms with Gasteiger partial charge in [-0.3, -0.25) is 4.90 Å². The summed E-state index contributed by atoms with van der Waals surface area (Å²) in [5.41, 5.74) is 0. The summed E-state index contributed by atoms with van der Waals surface area (Å²) in [7, 11) is -2.09. The van der Waals surface area contributed by atoms with Crippen LogP contribution in [0.1, 0.15) is 33.1 Å². The minimum Gasteiger partial charge on any atom is -0.495 e. The fraction of sp³-hybridized carbons (Fsp3) is 0.647. The average molecular weight is 375 g/mol. The van der Waals surface area contributed by atoms with E-state index < -0.39 is 10.0 Å². The first kappa shape index (κ1) is 19.5. The molecule has 1 aliphatic rings. The minimum absolute atomic E-state index is 0.162. The maximum absolute atomic E-state index is 12.6. The Morgan fingerprint density at radius 3 is 2.46 bits per heavy atom. The third kappa shape index (κ3) is 4.85. The van der Waals surface area contributed by atoms with E-state index in [4.69, 9.17) is 16.3 Å². The Labute approximate surface area is 150 Å². The van der Waals surface area contributed by atoms with E-state index in [9.17, 15) is 8.42 Å². The molecular weight excluding hydrogens is 348 g/mol. The van der Waals surface area contributed by atoms with Gasteiger partial charge in [0.15, 0.2) is 0 Å². The third-order valence-electron chi connectivity index (χ3n) is 4.55. The Bertz CT molecular complexity index is 643. The summed E-state index contributed by atoms with van der Waals surface area (Å²) in [6.07, 6.45) is 3.63. The molecule has 1 fully saturated rings. The zero-order chi connectivity index (χ0) is 17.7. The van der Waals surface area contributed by atoms with E-state index in [-0.39, 0.29) is 16.0 Å². The summed E-state index contributed by atoms with van der Waals surface area (Å²) >= 11 is 6.05. The molecule has 1 aliphatic heterocycles. The van der Waals surface area contributed by atoms with Crippen LogP contribution in [0.3, 0.4) is 0 Å². The lowest BCUT2D eigenvalue weighted by Crippen LogP contribution is -2.48. The first-order chi connectivity index (χ1) is 11.3. The number of benzene rings is 1. The summed E-state index contributed by atoms with van der Waals surface area (Å²) in [6, 6.07) is 4.71. The molecule has 1 unspecified atom stereocenters. The van der Waals surface area contributed by atoms with Gasteiger partial charge in [-0.25, -0.2) is 13.1 Å². The highest BCUT2D eigenvalue weighted by molar-refractivity contribution is 7.89. The Morgan fingerprint density at radius 2 is 1.92 bits per heavy atom. The standard InChI is InChI=1S/C17H27ClN2O3S/c1-13(2)16(20-9-5-4-6-10-20)12-19-24(21,22)14-7-8-17(23-3)15(18)11-14/h7-8,11,13,16,19H,4-6,9-10,12H2,1-3H3. The monoisotopic (exact) mass is 374 g/mol. The highest BCUT2D eigenvalue weighted by atomic mass is 35.5. The lowest BCUT2D eigenvalue weighted by molar-refractivity contribution is 0.130. The topological polar surface area (TPSA) is 58.6 Å². The second-order valence-electron chi connectivity index (χ2n) is 6.56. The van der Waals surface area contributed by atoms with Crippen LogP contribution < -0.4 is 9.46 Å². The Morgan fingerprint density at radius 1 is 1.25 bits per heavy atom. The number of methoxy groups -OCH3 is 1. The number of sulfonamides is 1. The van der Waals surface area contributed by atoms with Crippen molar-refractivity contribution in [1.29, 1.82) is 0 Å². The van der Waals surface area contributed by atoms with Crippen molar-refractivity contribution < 1.29 is 13.2 Å². The van der Waals surface area contributed by atoms with Crippen LogP contribution in [-0.2, 0) is 10.0 Å². The smallest absolute Gasteiger partial charge is 0.240 e. The lowest BCUT2D eigenvalue weighted by Gasteiger charge is -2.37. The number of nitrogens with zero attached hydrogens (tertiary/aromatic N) is 1. The van der Waals surface area contributed by atoms with Gasteiger partial charge in [-0.2, -0.15) is 0 Å². The molecule has 5 nitrogen and oxygen atoms in total. The van der Waals surface area contributed by atoms with Crippen molar-refractivity contribution in [2.45, 2.75) is 44.0 Å². The van der Waals surface area contributed by atoms with Gasteiger partial charge >= 0.3 is 0 Å². The summed E-state index contributed by atoms with van der Waals surface area (Å²) in [5, 5.41) is 0.289. The van der Waals surface area contributed by atoms with E-state index in [1.807, 2.05) is 0 Å². The van der Waals surface area contributed by atoms with E-state index in [1.54, 1.807) is 6.07 Å². The molecule has 0 saturated carbocycles. The molecule has 136 valence electrons. The molecule has 0 amide bonds. The number of halogens is 1. The van der Waals surface area contributed by atoms with Gasteiger partial charge in [0, 0.05) is 12.6 Å². The fourth-order valence-electron chi connectivity index (χ4n) is 3.13. The molecule has 1 aromatic carbocycles. The summed E-state index contributed by atoms with van der Waals surface area (Å²) in [5.74, 6) is 0.842. The molecule has 2 rings (SSSR count). The van der Waals surface area contributed by atoms with Crippen LogP contribution in [0.5, 0.6) is 5.75 Å². The summed E-state index contributed by atoms with van der Waals surface area (Å²) < 4.78 is 32.9. The van der Waals surface area contributed by atoms with Gasteiger partial charge in [0.1, 0.15) is 5.75 Å². The molecular formula is C17H27ClN2O3S. The molecule has 0 aromatic heterocycles. The number of likely N-dealkylation sites (tertiary alicyclic amines) is 1. The molecule has 1 atom stereocenters. The number of nitrogens with one attached hydrogen (secondary N) is 1. The average Bonchev–Trinajstić information content (AvgIpc) is 2.55. The number of ether oxygens (including phenoxy) is 1. The van der Waals surface area contributed by atoms with E-state index in [0.29, 0.717) is 18.2 Å². The van der Waals surface area contributed by atoms with Gasteiger partial charge in [-0.05, 0) is 50.0 Å². The second-order valence-corrected chi connectivity index (χ2v) is 8.73. The molecule has 0 aliphatic carbocycles. The van der Waals surface area contributed by atoms with Gasteiger partial charge in [-0.1, -0.05) is 31.9 Å². The first-order valence-electron chi connectivity index (χ1n) is 8.42. The van der Waals surface area contributed by atoms with Crippen molar-refractivity contribution in [3.05, 3.63) is 23.2 Å². The van der Waals surface area contributed by atoms with Gasteiger partial charge in [0.2, 0.25) is 10.0 Å². The zero-order valence-electron chi connectivity index (χ0n) is 14.6.